The Morgan fingerprint density at radius 2 is 1.38 bits per heavy atom. The summed E-state index contributed by atoms with van der Waals surface area (Å²) in [4.78, 5) is 0.237. The van der Waals surface area contributed by atoms with Crippen LogP contribution in [0.5, 0.6) is 0 Å². The van der Waals surface area contributed by atoms with Crippen LogP contribution in [0.25, 0.3) is 22.5 Å². The lowest BCUT2D eigenvalue weighted by molar-refractivity contribution is 0.510. The van der Waals surface area contributed by atoms with Gasteiger partial charge in [0, 0.05) is 11.1 Å². The van der Waals surface area contributed by atoms with E-state index < -0.39 is 10.0 Å². The molecule has 0 aliphatic rings. The van der Waals surface area contributed by atoms with Crippen molar-refractivity contribution in [2.75, 3.05) is 0 Å². The van der Waals surface area contributed by atoms with E-state index in [0.717, 1.165) is 28.0 Å². The molecule has 0 atom stereocenters. The lowest BCUT2D eigenvalue weighted by Gasteiger charge is -2.05. The number of sulfonamides is 1. The number of hydrogen-bond acceptors (Lipinski definition) is 3. The summed E-state index contributed by atoms with van der Waals surface area (Å²) in [5.41, 5.74) is 3.90. The van der Waals surface area contributed by atoms with Gasteiger partial charge in [0.05, 0.1) is 11.4 Å². The molecule has 1 heterocycles. The maximum atomic E-state index is 12.6. The summed E-state index contributed by atoms with van der Waals surface area (Å²) in [5.74, 6) is 1.28. The highest BCUT2D eigenvalue weighted by Crippen LogP contribution is 2.35. The number of benzene rings is 3. The third kappa shape index (κ3) is 4.31. The van der Waals surface area contributed by atoms with E-state index in [-0.39, 0.29) is 11.4 Å². The fourth-order valence-corrected chi connectivity index (χ4v) is 4.13. The predicted octanol–water partition coefficient (Wildman–Crippen LogP) is 5.40. The molecule has 0 amide bonds. The molecule has 0 saturated heterocycles. The Bertz CT molecular complexity index is 1140. The average molecular weight is 404 g/mol. The number of hydrogen-bond donors (Lipinski definition) is 1. The minimum Gasteiger partial charge on any atom is -0.459 e. The lowest BCUT2D eigenvalue weighted by Crippen LogP contribution is -2.22. The van der Waals surface area contributed by atoms with Gasteiger partial charge in [-0.05, 0) is 30.7 Å². The van der Waals surface area contributed by atoms with Gasteiger partial charge in [0.1, 0.15) is 11.5 Å². The number of nitrogens with one attached hydrogen (secondary N) is 1. The van der Waals surface area contributed by atoms with Crippen molar-refractivity contribution in [2.45, 2.75) is 18.4 Å². The fourth-order valence-electron chi connectivity index (χ4n) is 3.13. The third-order valence-corrected chi connectivity index (χ3v) is 6.09. The van der Waals surface area contributed by atoms with Crippen LogP contribution in [0.4, 0.5) is 0 Å². The van der Waals surface area contributed by atoms with Gasteiger partial charge in [-0.25, -0.2) is 13.1 Å². The number of furan rings is 1. The highest BCUT2D eigenvalue weighted by Gasteiger charge is 2.18. The second-order valence-electron chi connectivity index (χ2n) is 6.83. The summed E-state index contributed by atoms with van der Waals surface area (Å²) < 4.78 is 33.9. The number of rotatable bonds is 6. The van der Waals surface area contributed by atoms with Crippen molar-refractivity contribution in [2.24, 2.45) is 0 Å². The Labute approximate surface area is 170 Å². The van der Waals surface area contributed by atoms with E-state index in [4.69, 9.17) is 4.42 Å². The molecular formula is C24H21NO3S. The summed E-state index contributed by atoms with van der Waals surface area (Å²) in [6.07, 6.45) is 0. The largest absolute Gasteiger partial charge is 0.459 e. The molecule has 1 aromatic heterocycles. The summed E-state index contributed by atoms with van der Waals surface area (Å²) in [6.45, 7) is 1.99. The fraction of sp³-hybridized carbons (Fsp3) is 0.0833. The van der Waals surface area contributed by atoms with Crippen LogP contribution in [0, 0.1) is 6.92 Å². The lowest BCUT2D eigenvalue weighted by atomic mass is 10.0. The second-order valence-corrected chi connectivity index (χ2v) is 8.59. The van der Waals surface area contributed by atoms with Gasteiger partial charge < -0.3 is 4.42 Å². The first-order valence-electron chi connectivity index (χ1n) is 9.33. The minimum absolute atomic E-state index is 0.0723. The van der Waals surface area contributed by atoms with Crippen molar-refractivity contribution in [1.82, 2.24) is 4.72 Å². The molecule has 0 aliphatic heterocycles. The van der Waals surface area contributed by atoms with E-state index in [2.05, 4.69) is 4.72 Å². The molecule has 0 radical (unpaired) electrons. The SMILES string of the molecule is Cc1ccc(S(=O)(=O)NCc2cc(-c3ccccc3)c(-c3ccccc3)o2)cc1. The molecule has 4 nitrogen and oxygen atoms in total. The molecule has 0 bridgehead atoms. The number of aryl methyl sites for hydroxylation is 1. The maximum absolute atomic E-state index is 12.6. The Hall–Kier alpha value is -3.15. The van der Waals surface area contributed by atoms with Gasteiger partial charge >= 0.3 is 0 Å². The van der Waals surface area contributed by atoms with E-state index in [1.165, 1.54) is 0 Å². The van der Waals surface area contributed by atoms with Crippen molar-refractivity contribution >= 4 is 10.0 Å². The predicted molar refractivity (Wildman–Crippen MR) is 115 cm³/mol. The van der Waals surface area contributed by atoms with Gasteiger partial charge in [0.15, 0.2) is 0 Å². The molecule has 0 aliphatic carbocycles. The van der Waals surface area contributed by atoms with Crippen molar-refractivity contribution in [3.05, 3.63) is 102 Å². The van der Waals surface area contributed by atoms with E-state index in [0.29, 0.717) is 5.76 Å². The molecule has 0 saturated carbocycles. The molecule has 146 valence electrons. The highest BCUT2D eigenvalue weighted by atomic mass is 32.2. The molecule has 1 N–H and O–H groups in total. The van der Waals surface area contributed by atoms with Crippen LogP contribution in [-0.2, 0) is 16.6 Å². The van der Waals surface area contributed by atoms with Crippen molar-refractivity contribution in [3.63, 3.8) is 0 Å². The Morgan fingerprint density at radius 1 is 0.793 bits per heavy atom. The van der Waals surface area contributed by atoms with Crippen LogP contribution in [-0.4, -0.2) is 8.42 Å². The second kappa shape index (κ2) is 8.07. The first-order valence-corrected chi connectivity index (χ1v) is 10.8. The van der Waals surface area contributed by atoms with E-state index >= 15 is 0 Å². The van der Waals surface area contributed by atoms with Gasteiger partial charge in [-0.15, -0.1) is 0 Å². The topological polar surface area (TPSA) is 59.3 Å². The van der Waals surface area contributed by atoms with E-state index in [9.17, 15) is 8.42 Å². The van der Waals surface area contributed by atoms with Crippen LogP contribution < -0.4 is 4.72 Å². The van der Waals surface area contributed by atoms with Crippen molar-refractivity contribution in [3.8, 4) is 22.5 Å². The van der Waals surface area contributed by atoms with Crippen LogP contribution in [0.15, 0.2) is 100 Å². The molecule has 4 aromatic rings. The molecule has 5 heteroatoms. The molecule has 29 heavy (non-hydrogen) atoms. The first-order chi connectivity index (χ1) is 14.0. The Morgan fingerprint density at radius 3 is 2.00 bits per heavy atom. The summed E-state index contributed by atoms with van der Waals surface area (Å²) in [7, 11) is -3.62. The maximum Gasteiger partial charge on any atom is 0.240 e. The van der Waals surface area contributed by atoms with E-state index in [1.54, 1.807) is 24.3 Å². The summed E-state index contributed by atoms with van der Waals surface area (Å²) in [6, 6.07) is 28.4. The van der Waals surface area contributed by atoms with Gasteiger partial charge in [-0.2, -0.15) is 0 Å². The monoisotopic (exact) mass is 403 g/mol. The molecule has 0 unspecified atom stereocenters. The molecule has 0 spiro atoms. The minimum atomic E-state index is -3.62. The van der Waals surface area contributed by atoms with Crippen LogP contribution >= 0.6 is 0 Å². The van der Waals surface area contributed by atoms with Crippen molar-refractivity contribution in [1.29, 1.82) is 0 Å². The standard InChI is InChI=1S/C24H21NO3S/c1-18-12-14-22(15-13-18)29(26,27)25-17-21-16-23(19-8-4-2-5-9-19)24(28-21)20-10-6-3-7-11-20/h2-16,25H,17H2,1H3. The van der Waals surface area contributed by atoms with Crippen LogP contribution in [0.2, 0.25) is 0 Å². The first kappa shape index (κ1) is 19.2. The van der Waals surface area contributed by atoms with Crippen LogP contribution in [0.1, 0.15) is 11.3 Å². The average Bonchev–Trinajstić information content (AvgIpc) is 3.18. The Balaban J connectivity index is 1.65. The van der Waals surface area contributed by atoms with Crippen LogP contribution in [0.3, 0.4) is 0 Å². The normalized spacial score (nSPS) is 11.5. The molecule has 3 aromatic carbocycles. The zero-order valence-corrected chi connectivity index (χ0v) is 16.8. The highest BCUT2D eigenvalue weighted by molar-refractivity contribution is 7.89. The van der Waals surface area contributed by atoms with Gasteiger partial charge in [0.2, 0.25) is 10.0 Å². The zero-order chi connectivity index (χ0) is 20.3. The van der Waals surface area contributed by atoms with Crippen molar-refractivity contribution < 1.29 is 12.8 Å². The Kier molecular flexibility index (Phi) is 5.34. The quantitative estimate of drug-likeness (QED) is 0.469. The zero-order valence-electron chi connectivity index (χ0n) is 16.0. The smallest absolute Gasteiger partial charge is 0.240 e. The van der Waals surface area contributed by atoms with Gasteiger partial charge in [-0.1, -0.05) is 78.4 Å². The third-order valence-electron chi connectivity index (χ3n) is 4.67. The molecular weight excluding hydrogens is 382 g/mol. The summed E-state index contributed by atoms with van der Waals surface area (Å²) in [5, 5.41) is 0. The molecule has 0 fully saturated rings. The van der Waals surface area contributed by atoms with E-state index in [1.807, 2.05) is 73.7 Å². The summed E-state index contributed by atoms with van der Waals surface area (Å²) >= 11 is 0. The molecule has 4 rings (SSSR count). The van der Waals surface area contributed by atoms with Gasteiger partial charge in [-0.3, -0.25) is 0 Å². The van der Waals surface area contributed by atoms with Gasteiger partial charge in [0.25, 0.3) is 0 Å².